The van der Waals surface area contributed by atoms with Crippen molar-refractivity contribution >= 4 is 5.96 Å². The SMILES string of the molecule is CN=C(NCCCn1cccn1)NC1CCN(C2CCCC2)C1. The van der Waals surface area contributed by atoms with E-state index in [0.29, 0.717) is 6.04 Å². The molecule has 0 bridgehead atoms. The van der Waals surface area contributed by atoms with Gasteiger partial charge in [0.05, 0.1) is 0 Å². The lowest BCUT2D eigenvalue weighted by Gasteiger charge is -2.24. The van der Waals surface area contributed by atoms with Gasteiger partial charge in [0.1, 0.15) is 0 Å². The molecule has 0 spiro atoms. The molecule has 1 saturated heterocycles. The predicted molar refractivity (Wildman–Crippen MR) is 93.6 cm³/mol. The molecule has 0 aromatic carbocycles. The standard InChI is InChI=1S/C17H30N6/c1-18-17(19-9-4-11-23-12-5-10-20-23)21-15-8-13-22(14-15)16-6-2-3-7-16/h5,10,12,15-16H,2-4,6-9,11,13-14H2,1H3,(H2,18,19,21). The molecule has 1 aliphatic carbocycles. The van der Waals surface area contributed by atoms with Gasteiger partial charge in [0.15, 0.2) is 5.96 Å². The van der Waals surface area contributed by atoms with Crippen molar-refractivity contribution < 1.29 is 0 Å². The summed E-state index contributed by atoms with van der Waals surface area (Å²) in [5.74, 6) is 0.934. The number of likely N-dealkylation sites (tertiary alicyclic amines) is 1. The number of aliphatic imine (C=N–C) groups is 1. The van der Waals surface area contributed by atoms with Crippen LogP contribution in [-0.2, 0) is 6.54 Å². The Kier molecular flexibility index (Phi) is 5.91. The van der Waals surface area contributed by atoms with E-state index in [1.165, 1.54) is 45.2 Å². The van der Waals surface area contributed by atoms with Crippen molar-refractivity contribution in [3.8, 4) is 0 Å². The van der Waals surface area contributed by atoms with Crippen molar-refractivity contribution in [3.05, 3.63) is 18.5 Å². The van der Waals surface area contributed by atoms with Crippen LogP contribution in [-0.4, -0.2) is 59.4 Å². The Balaban J connectivity index is 1.34. The minimum Gasteiger partial charge on any atom is -0.356 e. The summed E-state index contributed by atoms with van der Waals surface area (Å²) in [6.45, 7) is 4.26. The summed E-state index contributed by atoms with van der Waals surface area (Å²) in [4.78, 5) is 7.04. The van der Waals surface area contributed by atoms with Gasteiger partial charge in [-0.05, 0) is 31.7 Å². The van der Waals surface area contributed by atoms with Crippen LogP contribution in [0.2, 0.25) is 0 Å². The molecule has 2 N–H and O–H groups in total. The number of nitrogens with one attached hydrogen (secondary N) is 2. The maximum atomic E-state index is 4.36. The van der Waals surface area contributed by atoms with Crippen LogP contribution in [0.1, 0.15) is 38.5 Å². The molecule has 2 heterocycles. The zero-order valence-electron chi connectivity index (χ0n) is 14.2. The Hall–Kier alpha value is -1.56. The predicted octanol–water partition coefficient (Wildman–Crippen LogP) is 1.46. The van der Waals surface area contributed by atoms with Gasteiger partial charge in [0.2, 0.25) is 0 Å². The number of hydrogen-bond donors (Lipinski definition) is 2. The molecule has 3 rings (SSSR count). The average Bonchev–Trinajstić information content (AvgIpc) is 3.32. The second kappa shape index (κ2) is 8.34. The highest BCUT2D eigenvalue weighted by molar-refractivity contribution is 5.79. The van der Waals surface area contributed by atoms with E-state index in [-0.39, 0.29) is 0 Å². The first-order valence-corrected chi connectivity index (χ1v) is 9.04. The minimum atomic E-state index is 0.535. The minimum absolute atomic E-state index is 0.535. The highest BCUT2D eigenvalue weighted by Crippen LogP contribution is 2.26. The third-order valence-corrected chi connectivity index (χ3v) is 5.04. The van der Waals surface area contributed by atoms with Crippen molar-refractivity contribution in [2.45, 2.75) is 57.2 Å². The Morgan fingerprint density at radius 2 is 2.17 bits per heavy atom. The summed E-state index contributed by atoms with van der Waals surface area (Å²) in [5, 5.41) is 11.2. The maximum Gasteiger partial charge on any atom is 0.191 e. The lowest BCUT2D eigenvalue weighted by Crippen LogP contribution is -2.45. The number of aromatic nitrogens is 2. The molecule has 23 heavy (non-hydrogen) atoms. The van der Waals surface area contributed by atoms with Crippen LogP contribution in [0.15, 0.2) is 23.5 Å². The van der Waals surface area contributed by atoms with Crippen LogP contribution >= 0.6 is 0 Å². The van der Waals surface area contributed by atoms with Crippen LogP contribution in [0.4, 0.5) is 0 Å². The lowest BCUT2D eigenvalue weighted by atomic mass is 10.2. The summed E-state index contributed by atoms with van der Waals surface area (Å²) >= 11 is 0. The van der Waals surface area contributed by atoms with E-state index >= 15 is 0 Å². The Morgan fingerprint density at radius 1 is 1.30 bits per heavy atom. The molecule has 2 fully saturated rings. The van der Waals surface area contributed by atoms with E-state index in [1.807, 2.05) is 30.2 Å². The number of guanidine groups is 1. The van der Waals surface area contributed by atoms with E-state index in [9.17, 15) is 0 Å². The van der Waals surface area contributed by atoms with Gasteiger partial charge in [-0.2, -0.15) is 5.10 Å². The molecule has 1 aromatic heterocycles. The van der Waals surface area contributed by atoms with Gasteiger partial charge in [-0.25, -0.2) is 0 Å². The van der Waals surface area contributed by atoms with Crippen LogP contribution in [0.5, 0.6) is 0 Å². The molecule has 1 aliphatic heterocycles. The zero-order valence-corrected chi connectivity index (χ0v) is 14.2. The second-order valence-electron chi connectivity index (χ2n) is 6.68. The van der Waals surface area contributed by atoms with Gasteiger partial charge < -0.3 is 10.6 Å². The van der Waals surface area contributed by atoms with E-state index in [0.717, 1.165) is 31.5 Å². The molecule has 1 atom stereocenters. The molecule has 0 amide bonds. The Labute approximate surface area is 139 Å². The molecule has 128 valence electrons. The lowest BCUT2D eigenvalue weighted by molar-refractivity contribution is 0.242. The third-order valence-electron chi connectivity index (χ3n) is 5.04. The first kappa shape index (κ1) is 16.3. The van der Waals surface area contributed by atoms with Gasteiger partial charge in [-0.15, -0.1) is 0 Å². The normalized spacial score (nSPS) is 23.5. The molecule has 2 aliphatic rings. The van der Waals surface area contributed by atoms with E-state index in [2.05, 4.69) is 25.6 Å². The van der Waals surface area contributed by atoms with Gasteiger partial charge >= 0.3 is 0 Å². The largest absolute Gasteiger partial charge is 0.356 e. The monoisotopic (exact) mass is 318 g/mol. The average molecular weight is 318 g/mol. The summed E-state index contributed by atoms with van der Waals surface area (Å²) < 4.78 is 1.97. The second-order valence-corrected chi connectivity index (χ2v) is 6.68. The Bertz CT molecular complexity index is 477. The van der Waals surface area contributed by atoms with Crippen LogP contribution in [0.25, 0.3) is 0 Å². The molecular weight excluding hydrogens is 288 g/mol. The summed E-state index contributed by atoms with van der Waals surface area (Å²) in [6.07, 6.45) is 11.7. The maximum absolute atomic E-state index is 4.36. The van der Waals surface area contributed by atoms with Crippen molar-refractivity contribution in [1.82, 2.24) is 25.3 Å². The van der Waals surface area contributed by atoms with Gasteiger partial charge in [0.25, 0.3) is 0 Å². The molecule has 1 unspecified atom stereocenters. The van der Waals surface area contributed by atoms with Crippen molar-refractivity contribution in [2.24, 2.45) is 4.99 Å². The zero-order chi connectivity index (χ0) is 15.9. The third kappa shape index (κ3) is 4.70. The summed E-state index contributed by atoms with van der Waals surface area (Å²) in [5.41, 5.74) is 0. The highest BCUT2D eigenvalue weighted by Gasteiger charge is 2.30. The topological polar surface area (TPSA) is 57.5 Å². The molecular formula is C17H30N6. The van der Waals surface area contributed by atoms with Crippen molar-refractivity contribution in [1.29, 1.82) is 0 Å². The molecule has 6 heteroatoms. The molecule has 6 nitrogen and oxygen atoms in total. The van der Waals surface area contributed by atoms with E-state index < -0.39 is 0 Å². The van der Waals surface area contributed by atoms with Crippen LogP contribution < -0.4 is 10.6 Å². The van der Waals surface area contributed by atoms with Crippen LogP contribution in [0.3, 0.4) is 0 Å². The van der Waals surface area contributed by atoms with Gasteiger partial charge in [0, 0.05) is 57.7 Å². The first-order chi connectivity index (χ1) is 11.3. The fourth-order valence-electron chi connectivity index (χ4n) is 3.77. The summed E-state index contributed by atoms with van der Waals surface area (Å²) in [6, 6.07) is 3.34. The van der Waals surface area contributed by atoms with Gasteiger partial charge in [-0.1, -0.05) is 12.8 Å². The number of rotatable bonds is 6. The molecule has 1 saturated carbocycles. The van der Waals surface area contributed by atoms with Crippen molar-refractivity contribution in [2.75, 3.05) is 26.7 Å². The number of hydrogen-bond acceptors (Lipinski definition) is 3. The molecule has 0 radical (unpaired) electrons. The van der Waals surface area contributed by atoms with E-state index in [1.54, 1.807) is 0 Å². The quantitative estimate of drug-likeness (QED) is 0.474. The van der Waals surface area contributed by atoms with E-state index in [4.69, 9.17) is 0 Å². The molecule has 1 aromatic rings. The summed E-state index contributed by atoms with van der Waals surface area (Å²) in [7, 11) is 1.85. The first-order valence-electron chi connectivity index (χ1n) is 9.04. The Morgan fingerprint density at radius 3 is 2.91 bits per heavy atom. The smallest absolute Gasteiger partial charge is 0.191 e. The van der Waals surface area contributed by atoms with Crippen molar-refractivity contribution in [3.63, 3.8) is 0 Å². The van der Waals surface area contributed by atoms with Gasteiger partial charge in [-0.3, -0.25) is 14.6 Å². The highest BCUT2D eigenvalue weighted by atomic mass is 15.3. The number of aryl methyl sites for hydroxylation is 1. The fourth-order valence-corrected chi connectivity index (χ4v) is 3.77. The number of nitrogens with zero attached hydrogens (tertiary/aromatic N) is 4. The fraction of sp³-hybridized carbons (Fsp3) is 0.765. The van der Waals surface area contributed by atoms with Crippen LogP contribution in [0, 0.1) is 0 Å².